The van der Waals surface area contributed by atoms with Crippen LogP contribution < -0.4 is 0 Å². The average Bonchev–Trinajstić information content (AvgIpc) is 0.951. The Balaban J connectivity index is 2.45. The average molecular weight is 1220 g/mol. The second kappa shape index (κ2) is 54.7. The summed E-state index contributed by atoms with van der Waals surface area (Å²) in [7, 11) is -4.12. The Morgan fingerprint density at radius 3 is 0.729 bits per heavy atom. The van der Waals surface area contributed by atoms with Gasteiger partial charge in [-0.2, -0.15) is 0 Å². The van der Waals surface area contributed by atoms with Gasteiger partial charge in [-0.1, -0.05) is 213 Å². The molecule has 0 aliphatic heterocycles. The molecule has 0 fully saturated rings. The van der Waals surface area contributed by atoms with Gasteiger partial charge >= 0.3 is 325 Å². The summed E-state index contributed by atoms with van der Waals surface area (Å²) in [5, 5.41) is 2.17. The Hall–Kier alpha value is -0.960. The summed E-state index contributed by atoms with van der Waals surface area (Å²) in [6.07, 6.45) is 80.8. The Morgan fingerprint density at radius 1 is 0.259 bits per heavy atom. The zero-order chi connectivity index (χ0) is 61.5. The molecule has 0 saturated carbocycles. The van der Waals surface area contributed by atoms with Crippen LogP contribution in [0.15, 0.2) is 29.2 Å². The van der Waals surface area contributed by atoms with Gasteiger partial charge in [0, 0.05) is 0 Å². The van der Waals surface area contributed by atoms with Gasteiger partial charge in [-0.25, -0.2) is 0 Å². The molecule has 0 unspecified atom stereocenters. The van der Waals surface area contributed by atoms with Crippen molar-refractivity contribution in [3.63, 3.8) is 0 Å². The van der Waals surface area contributed by atoms with Crippen LogP contribution in [-0.4, -0.2) is 33.1 Å². The normalized spacial score (nSPS) is 12.7. The van der Waals surface area contributed by atoms with E-state index in [0.717, 1.165) is 114 Å². The SMILES string of the molecule is CCCCCCCCCCCCCCCCCCc1c(CCCCCCCCCCCCCCCCCC)c(S(=O)(=O)OP(CCCC)(CCCC)(CCCC)CCCC)c2ccccc2c1CCCCCCCCCCCCCCCCCC. The maximum atomic E-state index is 16.3. The van der Waals surface area contributed by atoms with E-state index in [1.54, 1.807) is 0 Å². The van der Waals surface area contributed by atoms with E-state index < -0.39 is 16.9 Å². The van der Waals surface area contributed by atoms with Crippen LogP contribution >= 0.6 is 6.83 Å². The molecular weight excluding hydrogens is 1070 g/mol. The second-order valence-corrected chi connectivity index (χ2v) is 35.6. The fourth-order valence-electron chi connectivity index (χ4n) is 14.6. The smallest absolute Gasteiger partial charge is 0.0654 e. The Bertz CT molecular complexity index is 1860. The molecular formula is C80H151O3PS. The zero-order valence-electron chi connectivity index (χ0n) is 58.9. The van der Waals surface area contributed by atoms with Crippen molar-refractivity contribution in [2.45, 2.75) is 432 Å². The van der Waals surface area contributed by atoms with E-state index in [1.165, 1.54) is 317 Å². The molecule has 0 radical (unpaired) electrons. The second-order valence-electron chi connectivity index (χ2n) is 28.2. The van der Waals surface area contributed by atoms with Gasteiger partial charge in [0.15, 0.2) is 0 Å². The van der Waals surface area contributed by atoms with Crippen LogP contribution in [0.25, 0.3) is 10.8 Å². The van der Waals surface area contributed by atoms with Crippen LogP contribution in [0, 0.1) is 0 Å². The van der Waals surface area contributed by atoms with E-state index >= 15 is 8.42 Å². The van der Waals surface area contributed by atoms with E-state index in [2.05, 4.69) is 72.7 Å². The third kappa shape index (κ3) is 37.2. The van der Waals surface area contributed by atoms with Gasteiger partial charge in [-0.05, 0) is 0 Å². The molecule has 0 bridgehead atoms. The molecule has 0 heterocycles. The number of hydrogen-bond donors (Lipinski definition) is 0. The van der Waals surface area contributed by atoms with E-state index in [4.69, 9.17) is 3.97 Å². The zero-order valence-corrected chi connectivity index (χ0v) is 60.6. The number of fused-ring (bicyclic) bond motifs is 1. The van der Waals surface area contributed by atoms with Crippen molar-refractivity contribution in [3.05, 3.63) is 41.0 Å². The fraction of sp³-hybridized carbons (Fsp3) is 0.875. The first kappa shape index (κ1) is 80.1. The predicted octanol–water partition coefficient (Wildman–Crippen LogP) is 28.6. The van der Waals surface area contributed by atoms with E-state index in [0.29, 0.717) is 4.90 Å². The van der Waals surface area contributed by atoms with Crippen LogP contribution in [-0.2, 0) is 33.4 Å². The van der Waals surface area contributed by atoms with Gasteiger partial charge in [0.1, 0.15) is 0 Å². The first-order valence-corrected chi connectivity index (χ1v) is 43.5. The molecule has 0 aliphatic rings. The molecule has 0 saturated heterocycles. The van der Waals surface area contributed by atoms with Gasteiger partial charge in [-0.15, -0.1) is 0 Å². The van der Waals surface area contributed by atoms with E-state index in [1.807, 2.05) is 0 Å². The summed E-state index contributed by atoms with van der Waals surface area (Å²) >= 11 is 0. The number of benzene rings is 2. The predicted molar refractivity (Wildman–Crippen MR) is 388 cm³/mol. The third-order valence-corrected chi connectivity index (χ3v) is 29.4. The molecule has 0 amide bonds. The van der Waals surface area contributed by atoms with Crippen LogP contribution in [0.2, 0.25) is 0 Å². The monoisotopic (exact) mass is 1220 g/mol. The third-order valence-electron chi connectivity index (χ3n) is 20.2. The summed E-state index contributed by atoms with van der Waals surface area (Å²) in [4.78, 5) is 0.598. The number of unbranched alkanes of at least 4 members (excludes halogenated alkanes) is 49. The van der Waals surface area contributed by atoms with Crippen LogP contribution in [0.3, 0.4) is 0 Å². The Kier molecular flexibility index (Phi) is 51.6. The van der Waals surface area contributed by atoms with Crippen molar-refractivity contribution in [1.82, 2.24) is 0 Å². The van der Waals surface area contributed by atoms with Crippen molar-refractivity contribution in [2.75, 3.05) is 24.6 Å². The van der Waals surface area contributed by atoms with E-state index in [9.17, 15) is 0 Å². The molecule has 2 rings (SSSR count). The molecule has 2 aromatic carbocycles. The van der Waals surface area contributed by atoms with Crippen molar-refractivity contribution >= 4 is 27.7 Å². The van der Waals surface area contributed by atoms with Gasteiger partial charge in [-0.3, -0.25) is 0 Å². The Labute approximate surface area is 534 Å². The summed E-state index contributed by atoms with van der Waals surface area (Å²) in [6.45, 7) is 12.9. The van der Waals surface area contributed by atoms with Gasteiger partial charge in [0.2, 0.25) is 0 Å². The van der Waals surface area contributed by atoms with Gasteiger partial charge in [0.05, 0.1) is 0 Å². The quantitative estimate of drug-likeness (QED) is 0.0490. The van der Waals surface area contributed by atoms with Gasteiger partial charge in [0.25, 0.3) is 0 Å². The summed E-state index contributed by atoms with van der Waals surface area (Å²) in [6, 6.07) is 8.85. The van der Waals surface area contributed by atoms with Crippen LogP contribution in [0.4, 0.5) is 0 Å². The summed E-state index contributed by atoms with van der Waals surface area (Å²) < 4.78 is 40.3. The molecule has 85 heavy (non-hydrogen) atoms. The molecule has 0 aliphatic carbocycles. The molecule has 5 heteroatoms. The topological polar surface area (TPSA) is 43.4 Å². The fourth-order valence-corrected chi connectivity index (χ4v) is 25.1. The minimum absolute atomic E-state index is 0.598. The molecule has 0 atom stereocenters. The molecule has 3 nitrogen and oxygen atoms in total. The van der Waals surface area contributed by atoms with Crippen molar-refractivity contribution in [1.29, 1.82) is 0 Å². The van der Waals surface area contributed by atoms with Gasteiger partial charge < -0.3 is 0 Å². The first-order chi connectivity index (χ1) is 41.7. The standard InChI is InChI=1S/C80H151O3PS/c1-8-15-22-25-28-31-34-37-40-43-46-49-52-55-58-61-66-75-76(67-62-59-56-53-50-47-44-41-38-35-32-29-26-23-16-9-2)78(69-63-60-57-54-51-48-45-42-39-36-33-30-27-24-17-10-3)80(79-70-65-64-68-77(75)79)85(81,82)83-84(71-18-11-4,72-19-12-5,73-20-13-6)74-21-14-7/h64-65,68,70H,8-63,66-67,69,71-74H2,1-7H3. The number of hydrogen-bond acceptors (Lipinski definition) is 3. The minimum atomic E-state index is -4.12. The van der Waals surface area contributed by atoms with Crippen molar-refractivity contribution in [3.8, 4) is 0 Å². The molecule has 0 N–H and O–H groups in total. The Morgan fingerprint density at radius 2 is 0.471 bits per heavy atom. The molecule has 2 aromatic rings. The summed E-state index contributed by atoms with van der Waals surface area (Å²) in [5.41, 5.74) is 4.07. The van der Waals surface area contributed by atoms with Crippen LogP contribution in [0.5, 0.6) is 0 Å². The molecule has 500 valence electrons. The van der Waals surface area contributed by atoms with Crippen molar-refractivity contribution < 1.29 is 12.4 Å². The number of rotatable bonds is 66. The first-order valence-electron chi connectivity index (χ1n) is 39.2. The minimum Gasteiger partial charge on any atom is -0.0654 e. The maximum absolute atomic E-state index is 16.3. The van der Waals surface area contributed by atoms with Crippen molar-refractivity contribution in [2.24, 2.45) is 0 Å². The molecule has 0 aromatic heterocycles. The van der Waals surface area contributed by atoms with E-state index in [-0.39, 0.29) is 0 Å². The molecule has 0 spiro atoms. The number of aryl methyl sites for hydroxylation is 1. The summed E-state index contributed by atoms with van der Waals surface area (Å²) in [5.74, 6) is 0. The van der Waals surface area contributed by atoms with Crippen LogP contribution in [0.1, 0.15) is 425 Å².